The standard InChI is InChI=1S/C18H22O3/c1-12-5-7-17(20-3)14(9-12)11-16(19)15-10-13(2)6-8-18(15)21-4/h5-10,16,19H,11H2,1-4H3. The monoisotopic (exact) mass is 286 g/mol. The molecule has 2 aromatic carbocycles. The third-order valence-electron chi connectivity index (χ3n) is 3.59. The number of aliphatic hydroxyl groups is 1. The van der Waals surface area contributed by atoms with Gasteiger partial charge in [0.15, 0.2) is 0 Å². The Balaban J connectivity index is 2.31. The van der Waals surface area contributed by atoms with E-state index < -0.39 is 6.10 Å². The summed E-state index contributed by atoms with van der Waals surface area (Å²) in [7, 11) is 3.27. The van der Waals surface area contributed by atoms with E-state index in [0.29, 0.717) is 12.2 Å². The van der Waals surface area contributed by atoms with Crippen LogP contribution >= 0.6 is 0 Å². The average Bonchev–Trinajstić information content (AvgIpc) is 2.47. The van der Waals surface area contributed by atoms with Crippen molar-refractivity contribution in [2.75, 3.05) is 14.2 Å². The van der Waals surface area contributed by atoms with Crippen LogP contribution in [0.2, 0.25) is 0 Å². The van der Waals surface area contributed by atoms with E-state index in [1.807, 2.05) is 50.2 Å². The number of rotatable bonds is 5. The van der Waals surface area contributed by atoms with E-state index in [0.717, 1.165) is 28.0 Å². The lowest BCUT2D eigenvalue weighted by Gasteiger charge is -2.17. The molecule has 0 fully saturated rings. The van der Waals surface area contributed by atoms with E-state index >= 15 is 0 Å². The minimum Gasteiger partial charge on any atom is -0.496 e. The van der Waals surface area contributed by atoms with Crippen LogP contribution in [0, 0.1) is 13.8 Å². The van der Waals surface area contributed by atoms with Gasteiger partial charge in [-0.05, 0) is 37.6 Å². The van der Waals surface area contributed by atoms with Gasteiger partial charge in [-0.25, -0.2) is 0 Å². The van der Waals surface area contributed by atoms with Crippen LogP contribution in [0.25, 0.3) is 0 Å². The molecule has 1 N–H and O–H groups in total. The third kappa shape index (κ3) is 3.56. The maximum Gasteiger partial charge on any atom is 0.124 e. The summed E-state index contributed by atoms with van der Waals surface area (Å²) in [5, 5.41) is 10.6. The zero-order valence-electron chi connectivity index (χ0n) is 13.0. The van der Waals surface area contributed by atoms with Crippen LogP contribution in [0.1, 0.15) is 28.4 Å². The summed E-state index contributed by atoms with van der Waals surface area (Å²) in [6.07, 6.45) is -0.138. The maximum atomic E-state index is 10.6. The Bertz CT molecular complexity index is 620. The number of aryl methyl sites for hydroxylation is 2. The largest absolute Gasteiger partial charge is 0.496 e. The fraction of sp³-hybridized carbons (Fsp3) is 0.333. The van der Waals surface area contributed by atoms with Crippen LogP contribution in [-0.4, -0.2) is 19.3 Å². The van der Waals surface area contributed by atoms with Crippen molar-refractivity contribution in [3.8, 4) is 11.5 Å². The molecular formula is C18H22O3. The van der Waals surface area contributed by atoms with Crippen LogP contribution in [0.5, 0.6) is 11.5 Å². The number of benzene rings is 2. The second kappa shape index (κ2) is 6.64. The summed E-state index contributed by atoms with van der Waals surface area (Å²) in [6.45, 7) is 4.03. The van der Waals surface area contributed by atoms with Gasteiger partial charge in [0.1, 0.15) is 11.5 Å². The SMILES string of the molecule is COc1ccc(C)cc1CC(O)c1cc(C)ccc1OC. The first-order chi connectivity index (χ1) is 10.0. The second-order valence-corrected chi connectivity index (χ2v) is 5.28. The fourth-order valence-corrected chi connectivity index (χ4v) is 2.50. The molecule has 0 bridgehead atoms. The minimum absolute atomic E-state index is 0.491. The van der Waals surface area contributed by atoms with Gasteiger partial charge in [-0.15, -0.1) is 0 Å². The second-order valence-electron chi connectivity index (χ2n) is 5.28. The van der Waals surface area contributed by atoms with E-state index in [1.54, 1.807) is 14.2 Å². The van der Waals surface area contributed by atoms with Crippen molar-refractivity contribution in [3.63, 3.8) is 0 Å². The van der Waals surface area contributed by atoms with E-state index in [4.69, 9.17) is 9.47 Å². The number of methoxy groups -OCH3 is 2. The highest BCUT2D eigenvalue weighted by molar-refractivity contribution is 5.42. The first-order valence-electron chi connectivity index (χ1n) is 7.01. The first kappa shape index (κ1) is 15.4. The quantitative estimate of drug-likeness (QED) is 0.912. The normalized spacial score (nSPS) is 12.0. The van der Waals surface area contributed by atoms with Crippen LogP contribution in [0.4, 0.5) is 0 Å². The van der Waals surface area contributed by atoms with Gasteiger partial charge in [0.05, 0.1) is 20.3 Å². The number of hydrogen-bond acceptors (Lipinski definition) is 3. The lowest BCUT2D eigenvalue weighted by molar-refractivity contribution is 0.173. The van der Waals surface area contributed by atoms with Crippen molar-refractivity contribution in [2.45, 2.75) is 26.4 Å². The molecule has 0 amide bonds. The molecule has 2 aromatic rings. The van der Waals surface area contributed by atoms with Gasteiger partial charge >= 0.3 is 0 Å². The predicted molar refractivity (Wildman–Crippen MR) is 84.1 cm³/mol. The summed E-state index contributed by atoms with van der Waals surface area (Å²) in [5.41, 5.74) is 4.05. The Morgan fingerprint density at radius 2 is 1.48 bits per heavy atom. The third-order valence-corrected chi connectivity index (χ3v) is 3.59. The van der Waals surface area contributed by atoms with E-state index in [9.17, 15) is 5.11 Å². The van der Waals surface area contributed by atoms with Crippen LogP contribution in [0.15, 0.2) is 36.4 Å². The van der Waals surface area contributed by atoms with Crippen molar-refractivity contribution in [2.24, 2.45) is 0 Å². The summed E-state index contributed by atoms with van der Waals surface area (Å²) in [5.74, 6) is 1.51. The van der Waals surface area contributed by atoms with Crippen LogP contribution in [-0.2, 0) is 6.42 Å². The number of aliphatic hydroxyl groups excluding tert-OH is 1. The van der Waals surface area contributed by atoms with Crippen molar-refractivity contribution in [1.82, 2.24) is 0 Å². The molecule has 0 aromatic heterocycles. The Hall–Kier alpha value is -2.00. The van der Waals surface area contributed by atoms with Gasteiger partial charge in [-0.1, -0.05) is 29.3 Å². The van der Waals surface area contributed by atoms with Crippen molar-refractivity contribution >= 4 is 0 Å². The Kier molecular flexibility index (Phi) is 4.86. The summed E-state index contributed by atoms with van der Waals surface area (Å²) in [4.78, 5) is 0. The highest BCUT2D eigenvalue weighted by Gasteiger charge is 2.16. The molecule has 2 rings (SSSR count). The van der Waals surface area contributed by atoms with Crippen LogP contribution in [0.3, 0.4) is 0 Å². The first-order valence-corrected chi connectivity index (χ1v) is 7.01. The molecule has 0 radical (unpaired) electrons. The molecule has 0 aliphatic rings. The zero-order valence-corrected chi connectivity index (χ0v) is 13.0. The topological polar surface area (TPSA) is 38.7 Å². The Labute approximate surface area is 126 Å². The van der Waals surface area contributed by atoms with Crippen molar-refractivity contribution in [3.05, 3.63) is 58.7 Å². The molecule has 1 atom stereocenters. The van der Waals surface area contributed by atoms with Crippen LogP contribution < -0.4 is 9.47 Å². The van der Waals surface area contributed by atoms with Gasteiger partial charge < -0.3 is 14.6 Å². The lowest BCUT2D eigenvalue weighted by atomic mass is 9.97. The van der Waals surface area contributed by atoms with E-state index in [2.05, 4.69) is 0 Å². The Morgan fingerprint density at radius 1 is 0.905 bits per heavy atom. The molecule has 0 spiro atoms. The Morgan fingerprint density at radius 3 is 2.10 bits per heavy atom. The smallest absolute Gasteiger partial charge is 0.124 e. The molecule has 0 heterocycles. The summed E-state index contributed by atoms with van der Waals surface area (Å²) < 4.78 is 10.7. The maximum absolute atomic E-state index is 10.6. The molecular weight excluding hydrogens is 264 g/mol. The molecule has 21 heavy (non-hydrogen) atoms. The predicted octanol–water partition coefficient (Wildman–Crippen LogP) is 3.60. The summed E-state index contributed by atoms with van der Waals surface area (Å²) in [6, 6.07) is 11.8. The van der Waals surface area contributed by atoms with E-state index in [1.165, 1.54) is 0 Å². The zero-order chi connectivity index (χ0) is 15.4. The highest BCUT2D eigenvalue weighted by atomic mass is 16.5. The number of hydrogen-bond donors (Lipinski definition) is 1. The molecule has 0 saturated carbocycles. The molecule has 3 heteroatoms. The fourth-order valence-electron chi connectivity index (χ4n) is 2.50. The number of ether oxygens (including phenoxy) is 2. The minimum atomic E-state index is -0.629. The molecule has 0 aliphatic carbocycles. The van der Waals surface area contributed by atoms with E-state index in [-0.39, 0.29) is 0 Å². The molecule has 3 nitrogen and oxygen atoms in total. The molecule has 1 unspecified atom stereocenters. The van der Waals surface area contributed by atoms with Gasteiger partial charge in [0.25, 0.3) is 0 Å². The van der Waals surface area contributed by atoms with Crippen molar-refractivity contribution in [1.29, 1.82) is 0 Å². The molecule has 0 aliphatic heterocycles. The van der Waals surface area contributed by atoms with Gasteiger partial charge in [0, 0.05) is 12.0 Å². The lowest BCUT2D eigenvalue weighted by Crippen LogP contribution is -2.06. The molecule has 0 saturated heterocycles. The van der Waals surface area contributed by atoms with Gasteiger partial charge in [-0.2, -0.15) is 0 Å². The van der Waals surface area contributed by atoms with Gasteiger partial charge in [0.2, 0.25) is 0 Å². The highest BCUT2D eigenvalue weighted by Crippen LogP contribution is 2.31. The average molecular weight is 286 g/mol. The summed E-state index contributed by atoms with van der Waals surface area (Å²) >= 11 is 0. The van der Waals surface area contributed by atoms with Gasteiger partial charge in [-0.3, -0.25) is 0 Å². The molecule has 112 valence electrons. The van der Waals surface area contributed by atoms with Crippen molar-refractivity contribution < 1.29 is 14.6 Å².